The fourth-order valence-electron chi connectivity index (χ4n) is 1.74. The number of esters is 1. The second-order valence-corrected chi connectivity index (χ2v) is 6.16. The van der Waals surface area contributed by atoms with Gasteiger partial charge in [-0.15, -0.1) is 11.3 Å². The van der Waals surface area contributed by atoms with Crippen LogP contribution in [-0.4, -0.2) is 35.2 Å². The van der Waals surface area contributed by atoms with Crippen LogP contribution in [0.2, 0.25) is 0 Å². The van der Waals surface area contributed by atoms with E-state index in [1.165, 1.54) is 25.4 Å². The van der Waals surface area contributed by atoms with Crippen LogP contribution in [0.5, 0.6) is 0 Å². The molecule has 1 aromatic rings. The molecule has 0 unspecified atom stereocenters. The first kappa shape index (κ1) is 14.8. The van der Waals surface area contributed by atoms with Gasteiger partial charge in [-0.25, -0.2) is 4.79 Å². The number of amides is 2. The highest BCUT2D eigenvalue weighted by atomic mass is 32.2. The minimum atomic E-state index is -0.914. The molecule has 0 aromatic carbocycles. The number of thioether (sulfide) groups is 1. The van der Waals surface area contributed by atoms with E-state index in [1.54, 1.807) is 6.08 Å². The summed E-state index contributed by atoms with van der Waals surface area (Å²) in [5, 5.41) is 1.47. The molecule has 20 heavy (non-hydrogen) atoms. The lowest BCUT2D eigenvalue weighted by atomic mass is 10.2. The van der Waals surface area contributed by atoms with Gasteiger partial charge in [-0.2, -0.15) is 0 Å². The number of rotatable bonds is 3. The Morgan fingerprint density at radius 3 is 2.70 bits per heavy atom. The molecule has 0 N–H and O–H groups in total. The Labute approximate surface area is 124 Å². The first-order chi connectivity index (χ1) is 9.45. The number of aryl methyl sites for hydroxylation is 1. The van der Waals surface area contributed by atoms with E-state index < -0.39 is 23.2 Å². The molecule has 7 heteroatoms. The maximum atomic E-state index is 12.2. The fourth-order valence-corrected chi connectivity index (χ4v) is 3.56. The predicted molar refractivity (Wildman–Crippen MR) is 78.3 cm³/mol. The maximum Gasteiger partial charge on any atom is 0.328 e. The van der Waals surface area contributed by atoms with Crippen molar-refractivity contribution in [2.45, 2.75) is 19.9 Å². The van der Waals surface area contributed by atoms with Crippen LogP contribution in [0.15, 0.2) is 16.4 Å². The van der Waals surface area contributed by atoms with Crippen LogP contribution in [0.1, 0.15) is 17.4 Å². The first-order valence-corrected chi connectivity index (χ1v) is 7.54. The number of ether oxygens (including phenoxy) is 1. The van der Waals surface area contributed by atoms with Crippen LogP contribution in [0.25, 0.3) is 6.08 Å². The zero-order chi connectivity index (χ0) is 14.9. The van der Waals surface area contributed by atoms with Crippen molar-refractivity contribution in [3.63, 3.8) is 0 Å². The molecule has 1 aromatic heterocycles. The van der Waals surface area contributed by atoms with E-state index in [9.17, 15) is 14.4 Å². The van der Waals surface area contributed by atoms with Crippen molar-refractivity contribution in [1.29, 1.82) is 0 Å². The molecule has 2 heterocycles. The Morgan fingerprint density at radius 1 is 1.45 bits per heavy atom. The SMILES string of the molecule is COC(=O)[C@@H](C)N1C(=O)S/C(=C/c2sccc2C)C1=O. The van der Waals surface area contributed by atoms with E-state index in [4.69, 9.17) is 0 Å². The molecule has 0 bridgehead atoms. The van der Waals surface area contributed by atoms with Crippen LogP contribution < -0.4 is 0 Å². The normalized spacial score (nSPS) is 18.8. The van der Waals surface area contributed by atoms with Crippen molar-refractivity contribution in [2.24, 2.45) is 0 Å². The van der Waals surface area contributed by atoms with E-state index >= 15 is 0 Å². The van der Waals surface area contributed by atoms with Crippen molar-refractivity contribution >= 4 is 46.3 Å². The second-order valence-electron chi connectivity index (χ2n) is 4.22. The zero-order valence-electron chi connectivity index (χ0n) is 11.2. The maximum absolute atomic E-state index is 12.2. The molecule has 1 atom stereocenters. The number of hydrogen-bond acceptors (Lipinski definition) is 6. The standard InChI is InChI=1S/C13H13NO4S2/c1-7-4-5-19-9(7)6-10-11(15)14(13(17)20-10)8(2)12(16)18-3/h4-6,8H,1-3H3/b10-6+/t8-/m1/s1. The molecule has 5 nitrogen and oxygen atoms in total. The smallest absolute Gasteiger partial charge is 0.328 e. The summed E-state index contributed by atoms with van der Waals surface area (Å²) in [4.78, 5) is 37.8. The molecule has 2 rings (SSSR count). The van der Waals surface area contributed by atoms with Gasteiger partial charge in [-0.3, -0.25) is 14.5 Å². The largest absolute Gasteiger partial charge is 0.467 e. The van der Waals surface area contributed by atoms with E-state index in [1.807, 2.05) is 18.4 Å². The minimum Gasteiger partial charge on any atom is -0.467 e. The number of thiophene rings is 1. The third-order valence-corrected chi connectivity index (χ3v) is 4.77. The summed E-state index contributed by atoms with van der Waals surface area (Å²) in [6, 6.07) is 1.03. The van der Waals surface area contributed by atoms with Gasteiger partial charge in [0.25, 0.3) is 11.1 Å². The lowest BCUT2D eigenvalue weighted by molar-refractivity contribution is -0.148. The Hall–Kier alpha value is -1.60. The van der Waals surface area contributed by atoms with Crippen LogP contribution in [0.3, 0.4) is 0 Å². The number of nitrogens with zero attached hydrogens (tertiary/aromatic N) is 1. The highest BCUT2D eigenvalue weighted by molar-refractivity contribution is 8.18. The molecule has 1 aliphatic rings. The predicted octanol–water partition coefficient (Wildman–Crippen LogP) is 2.65. The summed E-state index contributed by atoms with van der Waals surface area (Å²) in [6.45, 7) is 3.41. The monoisotopic (exact) mass is 311 g/mol. The summed E-state index contributed by atoms with van der Waals surface area (Å²) in [6.07, 6.45) is 1.69. The van der Waals surface area contributed by atoms with Crippen molar-refractivity contribution in [3.05, 3.63) is 26.8 Å². The number of carbonyl (C=O) groups is 3. The first-order valence-electron chi connectivity index (χ1n) is 5.84. The summed E-state index contributed by atoms with van der Waals surface area (Å²) in [5.74, 6) is -1.06. The number of hydrogen-bond donors (Lipinski definition) is 0. The average Bonchev–Trinajstić information content (AvgIpc) is 2.93. The number of imide groups is 1. The number of methoxy groups -OCH3 is 1. The molecule has 1 aliphatic heterocycles. The van der Waals surface area contributed by atoms with Crippen LogP contribution in [0, 0.1) is 6.92 Å². The zero-order valence-corrected chi connectivity index (χ0v) is 12.8. The van der Waals surface area contributed by atoms with Crippen molar-refractivity contribution in [2.75, 3.05) is 7.11 Å². The Bertz CT molecular complexity index is 605. The van der Waals surface area contributed by atoms with Gasteiger partial charge in [-0.1, -0.05) is 0 Å². The van der Waals surface area contributed by atoms with E-state index in [0.717, 1.165) is 27.1 Å². The van der Waals surface area contributed by atoms with Crippen molar-refractivity contribution in [1.82, 2.24) is 4.90 Å². The molecule has 0 aliphatic carbocycles. The van der Waals surface area contributed by atoms with Gasteiger partial charge >= 0.3 is 5.97 Å². The molecular formula is C13H13NO4S2. The van der Waals surface area contributed by atoms with Crippen molar-refractivity contribution < 1.29 is 19.1 Å². The van der Waals surface area contributed by atoms with Crippen molar-refractivity contribution in [3.8, 4) is 0 Å². The highest BCUT2D eigenvalue weighted by Crippen LogP contribution is 2.35. The Morgan fingerprint density at radius 2 is 2.15 bits per heavy atom. The van der Waals surface area contributed by atoms with Gasteiger partial charge in [0.1, 0.15) is 6.04 Å². The van der Waals surface area contributed by atoms with Gasteiger partial charge in [-0.05, 0) is 48.7 Å². The van der Waals surface area contributed by atoms with Gasteiger partial charge in [0.15, 0.2) is 0 Å². The van der Waals surface area contributed by atoms with E-state index in [-0.39, 0.29) is 0 Å². The molecule has 0 spiro atoms. The molecule has 0 radical (unpaired) electrons. The van der Waals surface area contributed by atoms with Gasteiger partial charge < -0.3 is 4.74 Å². The topological polar surface area (TPSA) is 63.7 Å². The van der Waals surface area contributed by atoms with Gasteiger partial charge in [0.2, 0.25) is 0 Å². The molecule has 0 saturated carbocycles. The average molecular weight is 311 g/mol. The summed E-state index contributed by atoms with van der Waals surface area (Å²) in [5.41, 5.74) is 1.04. The third kappa shape index (κ3) is 2.64. The molecule has 1 fully saturated rings. The lowest BCUT2D eigenvalue weighted by Crippen LogP contribution is -2.42. The summed E-state index contributed by atoms with van der Waals surface area (Å²) in [7, 11) is 1.22. The second kappa shape index (κ2) is 5.80. The quantitative estimate of drug-likeness (QED) is 0.634. The van der Waals surface area contributed by atoms with Crippen LogP contribution >= 0.6 is 23.1 Å². The van der Waals surface area contributed by atoms with Crippen LogP contribution in [0.4, 0.5) is 4.79 Å². The summed E-state index contributed by atoms with van der Waals surface area (Å²) < 4.78 is 4.57. The molecule has 2 amide bonds. The fraction of sp³-hybridized carbons (Fsp3) is 0.308. The van der Waals surface area contributed by atoms with Gasteiger partial charge in [0.05, 0.1) is 12.0 Å². The Balaban J connectivity index is 2.27. The molecular weight excluding hydrogens is 298 g/mol. The molecule has 1 saturated heterocycles. The van der Waals surface area contributed by atoms with E-state index in [0.29, 0.717) is 4.91 Å². The third-order valence-electron chi connectivity index (χ3n) is 2.92. The lowest BCUT2D eigenvalue weighted by Gasteiger charge is -2.18. The number of carbonyl (C=O) groups excluding carboxylic acids is 3. The Kier molecular flexibility index (Phi) is 4.29. The van der Waals surface area contributed by atoms with Gasteiger partial charge in [0, 0.05) is 4.88 Å². The molecule has 106 valence electrons. The highest BCUT2D eigenvalue weighted by Gasteiger charge is 2.41. The summed E-state index contributed by atoms with van der Waals surface area (Å²) >= 11 is 2.34. The van der Waals surface area contributed by atoms with Crippen LogP contribution in [-0.2, 0) is 14.3 Å². The minimum absolute atomic E-state index is 0.330. The van der Waals surface area contributed by atoms with E-state index in [2.05, 4.69) is 4.74 Å².